The molecule has 0 amide bonds. The number of nitrogens with zero attached hydrogens (tertiary/aromatic N) is 8. The van der Waals surface area contributed by atoms with Gasteiger partial charge in [0.15, 0.2) is 11.5 Å². The van der Waals surface area contributed by atoms with Crippen LogP contribution in [0.4, 0.5) is 11.8 Å². The Morgan fingerprint density at radius 1 is 1.23 bits per heavy atom. The van der Waals surface area contributed by atoms with Gasteiger partial charge < -0.3 is 29.5 Å². The van der Waals surface area contributed by atoms with Gasteiger partial charge in [0.25, 0.3) is 0 Å². The lowest BCUT2D eigenvalue weighted by Crippen LogP contribution is -2.45. The monoisotopic (exact) mass is 427 g/mol. The number of aliphatic hydroxyl groups is 1. The summed E-state index contributed by atoms with van der Waals surface area (Å²) in [5.74, 6) is 1.38. The van der Waals surface area contributed by atoms with E-state index in [0.717, 1.165) is 24.3 Å². The van der Waals surface area contributed by atoms with Crippen molar-refractivity contribution in [3.8, 4) is 0 Å². The van der Waals surface area contributed by atoms with Crippen LogP contribution in [0.15, 0.2) is 31.1 Å². The van der Waals surface area contributed by atoms with E-state index in [4.69, 9.17) is 4.74 Å². The van der Waals surface area contributed by atoms with Crippen LogP contribution in [-0.2, 0) is 11.3 Å². The maximum atomic E-state index is 11.0. The van der Waals surface area contributed by atoms with Gasteiger partial charge in [-0.3, -0.25) is 0 Å². The van der Waals surface area contributed by atoms with E-state index in [1.165, 1.54) is 0 Å². The van der Waals surface area contributed by atoms with Crippen LogP contribution in [0.5, 0.6) is 0 Å². The third-order valence-corrected chi connectivity index (χ3v) is 5.45. The molecule has 2 N–H and O–H groups in total. The van der Waals surface area contributed by atoms with Crippen LogP contribution < -0.4 is 10.2 Å². The minimum Gasteiger partial charge on any atom is -0.387 e. The lowest BCUT2D eigenvalue weighted by atomic mass is 10.0. The average molecular weight is 428 g/mol. The molecule has 4 heterocycles. The smallest absolute Gasteiger partial charge is 0.225 e. The molecular weight excluding hydrogens is 398 g/mol. The molecule has 0 radical (unpaired) electrons. The van der Waals surface area contributed by atoms with E-state index < -0.39 is 5.60 Å². The predicted molar refractivity (Wildman–Crippen MR) is 117 cm³/mol. The number of rotatable bonds is 10. The molecule has 0 aliphatic carbocycles. The molecule has 1 aliphatic rings. The maximum Gasteiger partial charge on any atom is 0.225 e. The molecule has 4 rings (SSSR count). The molecule has 1 unspecified atom stereocenters. The fraction of sp³-hybridized carbons (Fsp3) is 0.550. The number of nitrogens with one attached hydrogen (secondary N) is 1. The van der Waals surface area contributed by atoms with Gasteiger partial charge in [-0.05, 0) is 19.5 Å². The Hall–Kier alpha value is -2.89. The highest BCUT2D eigenvalue weighted by molar-refractivity contribution is 5.82. The van der Waals surface area contributed by atoms with E-state index in [2.05, 4.69) is 35.1 Å². The highest BCUT2D eigenvalue weighted by Gasteiger charge is 2.37. The second kappa shape index (κ2) is 9.50. The van der Waals surface area contributed by atoms with Gasteiger partial charge in [0.05, 0.1) is 25.1 Å². The average Bonchev–Trinajstić information content (AvgIpc) is 3.37. The van der Waals surface area contributed by atoms with Crippen molar-refractivity contribution in [2.24, 2.45) is 0 Å². The molecule has 166 valence electrons. The lowest BCUT2D eigenvalue weighted by Gasteiger charge is -2.29. The Morgan fingerprint density at radius 2 is 2.06 bits per heavy atom. The Morgan fingerprint density at radius 3 is 2.87 bits per heavy atom. The predicted octanol–water partition coefficient (Wildman–Crippen LogP) is 0.248. The normalized spacial score (nSPS) is 18.9. The summed E-state index contributed by atoms with van der Waals surface area (Å²) in [5, 5.41) is 14.4. The Balaban J connectivity index is 1.29. The van der Waals surface area contributed by atoms with Crippen LogP contribution in [0.2, 0.25) is 0 Å². The van der Waals surface area contributed by atoms with Crippen molar-refractivity contribution in [1.29, 1.82) is 0 Å². The zero-order valence-electron chi connectivity index (χ0n) is 18.0. The van der Waals surface area contributed by atoms with E-state index >= 15 is 0 Å². The van der Waals surface area contributed by atoms with Crippen LogP contribution in [0, 0.1) is 0 Å². The topological polar surface area (TPSA) is 117 Å². The number of β-amino-alcohol motifs (C(OH)–C–C–N with tert-alkyl or cyclic N) is 1. The molecule has 1 saturated heterocycles. The molecule has 0 aromatic carbocycles. The molecule has 1 fully saturated rings. The highest BCUT2D eigenvalue weighted by Crippen LogP contribution is 2.25. The molecule has 1 atom stereocenters. The number of likely N-dealkylation sites (N-methyl/N-ethyl adjacent to an activating group) is 1. The second-order valence-corrected chi connectivity index (χ2v) is 7.93. The number of imidazole rings is 1. The summed E-state index contributed by atoms with van der Waals surface area (Å²) in [6.07, 6.45) is 7.44. The van der Waals surface area contributed by atoms with Crippen LogP contribution in [0.3, 0.4) is 0 Å². The Bertz CT molecular complexity index is 983. The third kappa shape index (κ3) is 5.06. The van der Waals surface area contributed by atoms with E-state index in [1.54, 1.807) is 38.2 Å². The number of hydrogen-bond acceptors (Lipinski definition) is 10. The SMILES string of the molecule is COCCn1cnc2c(NCCN(C)CC3(O)CCN(c4ncccn4)C3)ncnc21. The summed E-state index contributed by atoms with van der Waals surface area (Å²) in [6, 6.07) is 1.79. The van der Waals surface area contributed by atoms with Gasteiger partial charge in [-0.1, -0.05) is 0 Å². The summed E-state index contributed by atoms with van der Waals surface area (Å²) in [7, 11) is 3.68. The number of hydrogen-bond donors (Lipinski definition) is 2. The number of methoxy groups -OCH3 is 1. The molecule has 11 heteroatoms. The van der Waals surface area contributed by atoms with Crippen molar-refractivity contribution in [2.75, 3.05) is 63.7 Å². The van der Waals surface area contributed by atoms with Gasteiger partial charge in [0.1, 0.15) is 11.8 Å². The number of aromatic nitrogens is 6. The largest absolute Gasteiger partial charge is 0.387 e. The Labute approximate surface area is 181 Å². The maximum absolute atomic E-state index is 11.0. The molecule has 0 spiro atoms. The van der Waals surface area contributed by atoms with Crippen LogP contribution in [0.25, 0.3) is 11.2 Å². The number of anilines is 2. The first-order valence-corrected chi connectivity index (χ1v) is 10.4. The van der Waals surface area contributed by atoms with E-state index in [-0.39, 0.29) is 0 Å². The number of fused-ring (bicyclic) bond motifs is 1. The van der Waals surface area contributed by atoms with Crippen LogP contribution in [-0.4, -0.2) is 98.6 Å². The molecule has 1 aliphatic heterocycles. The summed E-state index contributed by atoms with van der Waals surface area (Å²) >= 11 is 0. The standard InChI is InChI=1S/C20H29N9O2/c1-27(12-20(30)4-8-28(13-20)19-22-5-3-6-23-19)9-7-21-17-16-18(25-14-24-17)29(15-26-16)10-11-31-2/h3,5-6,14-15,30H,4,7-13H2,1-2H3,(H,21,24,25). The summed E-state index contributed by atoms with van der Waals surface area (Å²) in [5.41, 5.74) is 0.747. The van der Waals surface area contributed by atoms with E-state index in [1.807, 2.05) is 16.5 Å². The molecule has 0 bridgehead atoms. The Kier molecular flexibility index (Phi) is 6.54. The van der Waals surface area contributed by atoms with E-state index in [9.17, 15) is 5.11 Å². The highest BCUT2D eigenvalue weighted by atomic mass is 16.5. The van der Waals surface area contributed by atoms with Gasteiger partial charge >= 0.3 is 0 Å². The van der Waals surface area contributed by atoms with Gasteiger partial charge in [-0.25, -0.2) is 24.9 Å². The minimum atomic E-state index is -0.781. The first-order chi connectivity index (χ1) is 15.1. The summed E-state index contributed by atoms with van der Waals surface area (Å²) < 4.78 is 7.09. The molecule has 31 heavy (non-hydrogen) atoms. The molecular formula is C20H29N9O2. The summed E-state index contributed by atoms with van der Waals surface area (Å²) in [6.45, 7) is 4.56. The van der Waals surface area contributed by atoms with Crippen LogP contribution in [0.1, 0.15) is 6.42 Å². The van der Waals surface area contributed by atoms with Crippen molar-refractivity contribution in [1.82, 2.24) is 34.4 Å². The minimum absolute atomic E-state index is 0.528. The van der Waals surface area contributed by atoms with Crippen LogP contribution >= 0.6 is 0 Å². The fourth-order valence-electron chi connectivity index (χ4n) is 3.92. The lowest BCUT2D eigenvalue weighted by molar-refractivity contribution is 0.0310. The van der Waals surface area contributed by atoms with Crippen molar-refractivity contribution < 1.29 is 9.84 Å². The first-order valence-electron chi connectivity index (χ1n) is 10.4. The van der Waals surface area contributed by atoms with Crippen molar-refractivity contribution >= 4 is 22.9 Å². The number of ether oxygens (including phenoxy) is 1. The summed E-state index contributed by atoms with van der Waals surface area (Å²) in [4.78, 5) is 25.9. The van der Waals surface area contributed by atoms with Crippen molar-refractivity contribution in [3.05, 3.63) is 31.1 Å². The van der Waals surface area contributed by atoms with Gasteiger partial charge in [-0.15, -0.1) is 0 Å². The van der Waals surface area contributed by atoms with Crippen molar-refractivity contribution in [3.63, 3.8) is 0 Å². The van der Waals surface area contributed by atoms with E-state index in [0.29, 0.717) is 51.0 Å². The van der Waals surface area contributed by atoms with Gasteiger partial charge in [-0.2, -0.15) is 0 Å². The fourth-order valence-corrected chi connectivity index (χ4v) is 3.92. The zero-order chi connectivity index (χ0) is 21.7. The zero-order valence-corrected chi connectivity index (χ0v) is 18.0. The molecule has 3 aromatic rings. The van der Waals surface area contributed by atoms with Gasteiger partial charge in [0.2, 0.25) is 5.95 Å². The third-order valence-electron chi connectivity index (χ3n) is 5.45. The van der Waals surface area contributed by atoms with Gasteiger partial charge in [0, 0.05) is 52.2 Å². The quantitative estimate of drug-likeness (QED) is 0.466. The first kappa shape index (κ1) is 21.3. The molecule has 11 nitrogen and oxygen atoms in total. The van der Waals surface area contributed by atoms with Crippen molar-refractivity contribution in [2.45, 2.75) is 18.6 Å². The molecule has 0 saturated carbocycles. The second-order valence-electron chi connectivity index (χ2n) is 7.93. The molecule has 3 aromatic heterocycles.